The van der Waals surface area contributed by atoms with Gasteiger partial charge >= 0.3 is 5.97 Å². The number of hydrogen-bond acceptors (Lipinski definition) is 4. The molecule has 1 aromatic carbocycles. The normalized spacial score (nSPS) is 13.3. The lowest BCUT2D eigenvalue weighted by molar-refractivity contribution is -0.144. The fourth-order valence-corrected chi connectivity index (χ4v) is 2.21. The third-order valence-corrected chi connectivity index (χ3v) is 3.81. The number of nitrogens with zero attached hydrogens (tertiary/aromatic N) is 1. The van der Waals surface area contributed by atoms with Crippen LogP contribution in [-0.2, 0) is 9.59 Å². The fraction of sp³-hybridized carbons (Fsp3) is 0.467. The summed E-state index contributed by atoms with van der Waals surface area (Å²) >= 11 is 1.63. The van der Waals surface area contributed by atoms with Gasteiger partial charge in [0.25, 0.3) is 5.91 Å². The van der Waals surface area contributed by atoms with Crippen molar-refractivity contribution in [2.45, 2.75) is 24.8 Å². The highest BCUT2D eigenvalue weighted by atomic mass is 32.2. The molecule has 21 heavy (non-hydrogen) atoms. The molecule has 0 bridgehead atoms. The molecular weight excluding hydrogens is 290 g/mol. The smallest absolute Gasteiger partial charge is 0.308 e. The molecule has 0 saturated heterocycles. The van der Waals surface area contributed by atoms with E-state index < -0.39 is 18.0 Å². The van der Waals surface area contributed by atoms with Gasteiger partial charge in [0.1, 0.15) is 5.75 Å². The Morgan fingerprint density at radius 3 is 2.33 bits per heavy atom. The topological polar surface area (TPSA) is 66.8 Å². The minimum atomic E-state index is -0.920. The number of thioether (sulfide) groups is 1. The summed E-state index contributed by atoms with van der Waals surface area (Å²) in [5.74, 6) is -1.15. The second-order valence-corrected chi connectivity index (χ2v) is 5.77. The molecule has 0 aliphatic heterocycles. The van der Waals surface area contributed by atoms with Crippen molar-refractivity contribution in [3.05, 3.63) is 24.3 Å². The Labute approximate surface area is 129 Å². The van der Waals surface area contributed by atoms with E-state index in [1.165, 1.54) is 4.90 Å². The second kappa shape index (κ2) is 7.93. The third-order valence-electron chi connectivity index (χ3n) is 3.07. The van der Waals surface area contributed by atoms with Gasteiger partial charge < -0.3 is 14.7 Å². The lowest BCUT2D eigenvalue weighted by Crippen LogP contribution is -2.41. The quantitative estimate of drug-likeness (QED) is 0.783. The summed E-state index contributed by atoms with van der Waals surface area (Å²) in [6, 6.07) is 7.48. The van der Waals surface area contributed by atoms with E-state index >= 15 is 0 Å². The SMILES string of the molecule is CSc1ccc(OC(C)C(=O)N(C)CC(C)C(=O)O)cc1. The summed E-state index contributed by atoms with van der Waals surface area (Å²) in [7, 11) is 1.58. The Hall–Kier alpha value is -1.69. The van der Waals surface area contributed by atoms with Crippen molar-refractivity contribution in [1.29, 1.82) is 0 Å². The van der Waals surface area contributed by atoms with Gasteiger partial charge in [-0.3, -0.25) is 9.59 Å². The van der Waals surface area contributed by atoms with Gasteiger partial charge in [-0.25, -0.2) is 0 Å². The Morgan fingerprint density at radius 2 is 1.86 bits per heavy atom. The Morgan fingerprint density at radius 1 is 1.29 bits per heavy atom. The predicted molar refractivity (Wildman–Crippen MR) is 82.7 cm³/mol. The van der Waals surface area contributed by atoms with Crippen LogP contribution in [0.15, 0.2) is 29.2 Å². The number of ether oxygens (including phenoxy) is 1. The van der Waals surface area contributed by atoms with E-state index in [-0.39, 0.29) is 12.5 Å². The van der Waals surface area contributed by atoms with E-state index in [2.05, 4.69) is 0 Å². The highest BCUT2D eigenvalue weighted by molar-refractivity contribution is 7.98. The molecule has 1 aromatic rings. The van der Waals surface area contributed by atoms with Gasteiger partial charge in [-0.05, 0) is 37.4 Å². The predicted octanol–water partition coefficient (Wildman–Crippen LogP) is 2.35. The molecule has 0 radical (unpaired) electrons. The maximum atomic E-state index is 12.1. The van der Waals surface area contributed by atoms with E-state index in [9.17, 15) is 9.59 Å². The molecule has 2 atom stereocenters. The van der Waals surface area contributed by atoms with Crippen LogP contribution < -0.4 is 4.74 Å². The molecule has 0 spiro atoms. The average molecular weight is 311 g/mol. The van der Waals surface area contributed by atoms with Crippen molar-refractivity contribution in [3.63, 3.8) is 0 Å². The van der Waals surface area contributed by atoms with E-state index in [1.807, 2.05) is 30.5 Å². The summed E-state index contributed by atoms with van der Waals surface area (Å²) in [6.07, 6.45) is 1.33. The molecule has 1 N–H and O–H groups in total. The molecule has 1 amide bonds. The van der Waals surface area contributed by atoms with Crippen molar-refractivity contribution < 1.29 is 19.4 Å². The molecular formula is C15H21NO4S. The maximum Gasteiger partial charge on any atom is 0.308 e. The van der Waals surface area contributed by atoms with Gasteiger partial charge in [0, 0.05) is 18.5 Å². The molecule has 2 unspecified atom stereocenters. The van der Waals surface area contributed by atoms with Crippen LogP contribution in [0.25, 0.3) is 0 Å². The van der Waals surface area contributed by atoms with Gasteiger partial charge in [0.05, 0.1) is 5.92 Å². The summed E-state index contributed by atoms with van der Waals surface area (Å²) in [5.41, 5.74) is 0. The van der Waals surface area contributed by atoms with Crippen LogP contribution in [0.2, 0.25) is 0 Å². The first kappa shape index (κ1) is 17.4. The number of likely N-dealkylation sites (N-methyl/N-ethyl adjacent to an activating group) is 1. The number of carbonyl (C=O) groups excluding carboxylic acids is 1. The van der Waals surface area contributed by atoms with E-state index in [1.54, 1.807) is 32.7 Å². The molecule has 1 rings (SSSR count). The first-order valence-corrected chi connectivity index (χ1v) is 7.86. The monoisotopic (exact) mass is 311 g/mol. The molecule has 0 fully saturated rings. The summed E-state index contributed by atoms with van der Waals surface area (Å²) in [5, 5.41) is 8.86. The number of carboxylic acids is 1. The van der Waals surface area contributed by atoms with Crippen LogP contribution in [0.4, 0.5) is 0 Å². The number of rotatable bonds is 7. The number of aliphatic carboxylic acids is 1. The maximum absolute atomic E-state index is 12.1. The highest BCUT2D eigenvalue weighted by Crippen LogP contribution is 2.20. The molecule has 0 heterocycles. The minimum absolute atomic E-state index is 0.160. The number of carbonyl (C=O) groups is 2. The van der Waals surface area contributed by atoms with Gasteiger partial charge in [-0.2, -0.15) is 0 Å². The zero-order valence-corrected chi connectivity index (χ0v) is 13.5. The summed E-state index contributed by atoms with van der Waals surface area (Å²) in [6.45, 7) is 3.39. The van der Waals surface area contributed by atoms with Crippen molar-refractivity contribution >= 4 is 23.6 Å². The largest absolute Gasteiger partial charge is 0.481 e. The lowest BCUT2D eigenvalue weighted by atomic mass is 10.1. The first-order chi connectivity index (χ1) is 9.85. The van der Waals surface area contributed by atoms with Crippen LogP contribution in [0.1, 0.15) is 13.8 Å². The molecule has 6 heteroatoms. The van der Waals surface area contributed by atoms with Crippen LogP contribution in [0.5, 0.6) is 5.75 Å². The second-order valence-electron chi connectivity index (χ2n) is 4.89. The zero-order chi connectivity index (χ0) is 16.0. The number of carboxylic acid groups (broad SMARTS) is 1. The molecule has 0 aliphatic carbocycles. The zero-order valence-electron chi connectivity index (χ0n) is 12.7. The Bertz CT molecular complexity index is 489. The minimum Gasteiger partial charge on any atom is -0.481 e. The van der Waals surface area contributed by atoms with Crippen LogP contribution in [0.3, 0.4) is 0 Å². The first-order valence-electron chi connectivity index (χ1n) is 6.63. The van der Waals surface area contributed by atoms with Crippen LogP contribution >= 0.6 is 11.8 Å². The molecule has 0 aromatic heterocycles. The number of benzene rings is 1. The Balaban J connectivity index is 2.58. The van der Waals surface area contributed by atoms with Gasteiger partial charge in [-0.1, -0.05) is 6.92 Å². The van der Waals surface area contributed by atoms with Gasteiger partial charge in [0.2, 0.25) is 0 Å². The highest BCUT2D eigenvalue weighted by Gasteiger charge is 2.22. The average Bonchev–Trinajstić information content (AvgIpc) is 2.46. The van der Waals surface area contributed by atoms with Gasteiger partial charge in [0.15, 0.2) is 6.10 Å². The number of amides is 1. The standard InChI is InChI=1S/C15H21NO4S/c1-10(15(18)19)9-16(3)14(17)11(2)20-12-5-7-13(21-4)8-6-12/h5-8,10-11H,9H2,1-4H3,(H,18,19). The molecule has 116 valence electrons. The van der Waals surface area contributed by atoms with E-state index in [0.717, 1.165) is 4.90 Å². The van der Waals surface area contributed by atoms with Crippen molar-refractivity contribution in [2.75, 3.05) is 19.8 Å². The molecule has 0 saturated carbocycles. The fourth-order valence-electron chi connectivity index (χ4n) is 1.80. The van der Waals surface area contributed by atoms with E-state index in [4.69, 9.17) is 9.84 Å². The van der Waals surface area contributed by atoms with E-state index in [0.29, 0.717) is 5.75 Å². The number of hydrogen-bond donors (Lipinski definition) is 1. The van der Waals surface area contributed by atoms with Gasteiger partial charge in [-0.15, -0.1) is 11.8 Å². The Kier molecular flexibility index (Phi) is 6.55. The summed E-state index contributed by atoms with van der Waals surface area (Å²) in [4.78, 5) is 25.4. The third kappa shape index (κ3) is 5.30. The van der Waals surface area contributed by atoms with Crippen molar-refractivity contribution in [2.24, 2.45) is 5.92 Å². The van der Waals surface area contributed by atoms with Crippen molar-refractivity contribution in [3.8, 4) is 5.75 Å². The van der Waals surface area contributed by atoms with Crippen LogP contribution in [0, 0.1) is 5.92 Å². The molecule has 0 aliphatic rings. The van der Waals surface area contributed by atoms with Crippen LogP contribution in [-0.4, -0.2) is 47.8 Å². The molecule has 5 nitrogen and oxygen atoms in total. The van der Waals surface area contributed by atoms with Crippen molar-refractivity contribution in [1.82, 2.24) is 4.90 Å². The summed E-state index contributed by atoms with van der Waals surface area (Å²) < 4.78 is 5.59. The lowest BCUT2D eigenvalue weighted by Gasteiger charge is -2.23.